The molecule has 3 heterocycles. The number of aromatic nitrogens is 3. The van der Waals surface area contributed by atoms with Crippen LogP contribution in [0.25, 0.3) is 0 Å². The summed E-state index contributed by atoms with van der Waals surface area (Å²) >= 11 is 1.35. The molecule has 24 heavy (non-hydrogen) atoms. The number of nitrogens with zero attached hydrogens (tertiary/aromatic N) is 4. The standard InChI is InChI=1S/C17H25N5OS/c1-11(2)15-19-7-9-22(15)13-6-5-8-21(10-13)17(23)14-12(3)20-24-16(14)18-4/h7,9,11,13,18H,5-6,8,10H2,1-4H3. The highest BCUT2D eigenvalue weighted by atomic mass is 32.1. The Morgan fingerprint density at radius 3 is 2.96 bits per heavy atom. The van der Waals surface area contributed by atoms with Crippen molar-refractivity contribution in [2.24, 2.45) is 0 Å². The Bertz CT molecular complexity index is 720. The monoisotopic (exact) mass is 347 g/mol. The normalized spacial score (nSPS) is 18.2. The first-order chi connectivity index (χ1) is 11.5. The van der Waals surface area contributed by atoms with Gasteiger partial charge in [0, 0.05) is 38.4 Å². The van der Waals surface area contributed by atoms with Gasteiger partial charge in [0.25, 0.3) is 5.91 Å². The Kier molecular flexibility index (Phi) is 4.89. The Morgan fingerprint density at radius 2 is 2.25 bits per heavy atom. The van der Waals surface area contributed by atoms with Crippen LogP contribution in [0.2, 0.25) is 0 Å². The maximum absolute atomic E-state index is 13.0. The number of piperidine rings is 1. The molecule has 3 rings (SSSR count). The van der Waals surface area contributed by atoms with E-state index in [1.54, 1.807) is 0 Å². The van der Waals surface area contributed by atoms with E-state index in [4.69, 9.17) is 0 Å². The van der Waals surface area contributed by atoms with Crippen LogP contribution >= 0.6 is 11.5 Å². The minimum absolute atomic E-state index is 0.0847. The third-order valence-corrected chi connectivity index (χ3v) is 5.55. The van der Waals surface area contributed by atoms with E-state index in [0.717, 1.165) is 48.0 Å². The summed E-state index contributed by atoms with van der Waals surface area (Å²) in [6.07, 6.45) is 6.00. The van der Waals surface area contributed by atoms with Gasteiger partial charge in [0.2, 0.25) is 0 Å². The lowest BCUT2D eigenvalue weighted by molar-refractivity contribution is 0.0678. The summed E-state index contributed by atoms with van der Waals surface area (Å²) in [5.41, 5.74) is 1.53. The molecule has 0 spiro atoms. The number of carbonyl (C=O) groups is 1. The van der Waals surface area contributed by atoms with Crippen LogP contribution < -0.4 is 5.32 Å². The van der Waals surface area contributed by atoms with Gasteiger partial charge in [-0.05, 0) is 31.3 Å². The van der Waals surface area contributed by atoms with E-state index < -0.39 is 0 Å². The van der Waals surface area contributed by atoms with Crippen LogP contribution in [0.3, 0.4) is 0 Å². The molecule has 1 fully saturated rings. The molecule has 1 aliphatic heterocycles. The molecule has 0 radical (unpaired) electrons. The molecule has 130 valence electrons. The molecule has 1 saturated heterocycles. The fraction of sp³-hybridized carbons (Fsp3) is 0.588. The van der Waals surface area contributed by atoms with Gasteiger partial charge < -0.3 is 14.8 Å². The first-order valence-electron chi connectivity index (χ1n) is 8.49. The summed E-state index contributed by atoms with van der Waals surface area (Å²) in [6.45, 7) is 7.75. The van der Waals surface area contributed by atoms with Crippen LogP contribution in [0.1, 0.15) is 60.5 Å². The van der Waals surface area contributed by atoms with E-state index in [0.29, 0.717) is 12.0 Å². The van der Waals surface area contributed by atoms with Crippen molar-refractivity contribution in [3.05, 3.63) is 29.5 Å². The Hall–Kier alpha value is -1.89. The molecule has 0 bridgehead atoms. The van der Waals surface area contributed by atoms with Crippen molar-refractivity contribution in [1.82, 2.24) is 18.8 Å². The van der Waals surface area contributed by atoms with E-state index in [-0.39, 0.29) is 5.91 Å². The summed E-state index contributed by atoms with van der Waals surface area (Å²) in [4.78, 5) is 19.5. The minimum atomic E-state index is 0.0847. The number of likely N-dealkylation sites (tertiary alicyclic amines) is 1. The van der Waals surface area contributed by atoms with Gasteiger partial charge in [0.15, 0.2) is 0 Å². The highest BCUT2D eigenvalue weighted by molar-refractivity contribution is 7.10. The van der Waals surface area contributed by atoms with Crippen molar-refractivity contribution >= 4 is 22.4 Å². The number of hydrogen-bond donors (Lipinski definition) is 1. The number of hydrogen-bond acceptors (Lipinski definition) is 5. The maximum Gasteiger partial charge on any atom is 0.258 e. The van der Waals surface area contributed by atoms with Gasteiger partial charge >= 0.3 is 0 Å². The lowest BCUT2D eigenvalue weighted by atomic mass is 10.0. The van der Waals surface area contributed by atoms with Gasteiger partial charge in [-0.1, -0.05) is 13.8 Å². The van der Waals surface area contributed by atoms with E-state index in [2.05, 4.69) is 33.1 Å². The molecule has 2 aromatic heterocycles. The van der Waals surface area contributed by atoms with Gasteiger partial charge in [-0.15, -0.1) is 0 Å². The molecular weight excluding hydrogens is 322 g/mol. The second-order valence-electron chi connectivity index (χ2n) is 6.62. The van der Waals surface area contributed by atoms with E-state index >= 15 is 0 Å². The predicted octanol–water partition coefficient (Wildman–Crippen LogP) is 3.29. The van der Waals surface area contributed by atoms with Crippen LogP contribution in [-0.4, -0.2) is 44.9 Å². The van der Waals surface area contributed by atoms with Gasteiger partial charge in [-0.2, -0.15) is 4.37 Å². The molecule has 1 aliphatic rings. The molecule has 6 nitrogen and oxygen atoms in total. The second-order valence-corrected chi connectivity index (χ2v) is 7.39. The zero-order chi connectivity index (χ0) is 17.3. The van der Waals surface area contributed by atoms with Gasteiger partial charge in [0.05, 0.1) is 17.3 Å². The van der Waals surface area contributed by atoms with Crippen molar-refractivity contribution in [1.29, 1.82) is 0 Å². The summed E-state index contributed by atoms with van der Waals surface area (Å²) in [6, 6.07) is 0.299. The molecule has 7 heteroatoms. The zero-order valence-electron chi connectivity index (χ0n) is 14.7. The Labute approximate surface area is 147 Å². The van der Waals surface area contributed by atoms with Crippen molar-refractivity contribution in [2.45, 2.75) is 45.6 Å². The number of nitrogens with one attached hydrogen (secondary N) is 1. The minimum Gasteiger partial charge on any atom is -0.378 e. The zero-order valence-corrected chi connectivity index (χ0v) is 15.6. The third kappa shape index (κ3) is 3.05. The van der Waals surface area contributed by atoms with E-state index in [1.807, 2.05) is 31.3 Å². The second kappa shape index (κ2) is 6.93. The first-order valence-corrected chi connectivity index (χ1v) is 9.26. The predicted molar refractivity (Wildman–Crippen MR) is 96.9 cm³/mol. The average Bonchev–Trinajstić information content (AvgIpc) is 3.20. The fourth-order valence-electron chi connectivity index (χ4n) is 3.40. The van der Waals surface area contributed by atoms with Gasteiger partial charge in [-0.3, -0.25) is 4.79 Å². The van der Waals surface area contributed by atoms with Gasteiger partial charge in [-0.25, -0.2) is 4.98 Å². The number of rotatable bonds is 4. The third-order valence-electron chi connectivity index (χ3n) is 4.60. The molecule has 1 atom stereocenters. The number of carbonyl (C=O) groups excluding carboxylic acids is 1. The molecule has 0 aromatic carbocycles. The number of amides is 1. The maximum atomic E-state index is 13.0. The molecule has 1 unspecified atom stereocenters. The number of aryl methyl sites for hydroxylation is 1. The quantitative estimate of drug-likeness (QED) is 0.922. The lowest BCUT2D eigenvalue weighted by Gasteiger charge is -2.34. The topological polar surface area (TPSA) is 63.1 Å². The largest absolute Gasteiger partial charge is 0.378 e. The van der Waals surface area contributed by atoms with Gasteiger partial charge in [0.1, 0.15) is 10.8 Å². The van der Waals surface area contributed by atoms with Crippen LogP contribution in [0.4, 0.5) is 5.00 Å². The summed E-state index contributed by atoms with van der Waals surface area (Å²) in [5, 5.41) is 3.94. The molecule has 1 amide bonds. The van der Waals surface area contributed by atoms with Crippen molar-refractivity contribution in [3.8, 4) is 0 Å². The van der Waals surface area contributed by atoms with Crippen molar-refractivity contribution < 1.29 is 4.79 Å². The number of anilines is 1. The SMILES string of the molecule is CNc1snc(C)c1C(=O)N1CCCC(n2ccnc2C(C)C)C1. The van der Waals surface area contributed by atoms with E-state index in [1.165, 1.54) is 11.5 Å². The summed E-state index contributed by atoms with van der Waals surface area (Å²) in [7, 11) is 1.84. The van der Waals surface area contributed by atoms with Crippen LogP contribution in [-0.2, 0) is 0 Å². The molecular formula is C17H25N5OS. The molecule has 0 saturated carbocycles. The smallest absolute Gasteiger partial charge is 0.258 e. The highest BCUT2D eigenvalue weighted by Crippen LogP contribution is 2.30. The Morgan fingerprint density at radius 1 is 1.46 bits per heavy atom. The first kappa shape index (κ1) is 17.0. The van der Waals surface area contributed by atoms with Crippen molar-refractivity contribution in [2.75, 3.05) is 25.5 Å². The summed E-state index contributed by atoms with van der Waals surface area (Å²) < 4.78 is 6.58. The lowest BCUT2D eigenvalue weighted by Crippen LogP contribution is -2.41. The molecule has 1 N–H and O–H groups in total. The fourth-order valence-corrected chi connectivity index (χ4v) is 4.13. The Balaban J connectivity index is 1.82. The molecule has 0 aliphatic carbocycles. The van der Waals surface area contributed by atoms with Crippen LogP contribution in [0, 0.1) is 6.92 Å². The number of imidazole rings is 1. The molecule has 2 aromatic rings. The average molecular weight is 347 g/mol. The van der Waals surface area contributed by atoms with Crippen molar-refractivity contribution in [3.63, 3.8) is 0 Å². The van der Waals surface area contributed by atoms with Crippen LogP contribution in [0.15, 0.2) is 12.4 Å². The summed E-state index contributed by atoms with van der Waals surface area (Å²) in [5.74, 6) is 1.56. The van der Waals surface area contributed by atoms with E-state index in [9.17, 15) is 4.79 Å². The highest BCUT2D eigenvalue weighted by Gasteiger charge is 2.29. The van der Waals surface area contributed by atoms with Crippen LogP contribution in [0.5, 0.6) is 0 Å².